The summed E-state index contributed by atoms with van der Waals surface area (Å²) >= 11 is 0. The van der Waals surface area contributed by atoms with E-state index in [4.69, 9.17) is 0 Å². The fraction of sp³-hybridized carbons (Fsp3) is 0.571. The Labute approximate surface area is 133 Å². The predicted molar refractivity (Wildman–Crippen MR) is 86.0 cm³/mol. The number of pyridine rings is 1. The Kier molecular flexibility index (Phi) is 8.78. The summed E-state index contributed by atoms with van der Waals surface area (Å²) in [5, 5.41) is 3.19. The number of hydrogen-bond acceptors (Lipinski definition) is 3. The van der Waals surface area contributed by atoms with E-state index in [-0.39, 0.29) is 30.7 Å². The lowest BCUT2D eigenvalue weighted by Crippen LogP contribution is -2.42. The lowest BCUT2D eigenvalue weighted by Gasteiger charge is -2.32. The third-order valence-electron chi connectivity index (χ3n) is 3.51. The maximum Gasteiger partial charge on any atom is 0.272 e. The van der Waals surface area contributed by atoms with Gasteiger partial charge in [-0.2, -0.15) is 0 Å². The van der Waals surface area contributed by atoms with Crippen molar-refractivity contribution < 1.29 is 4.79 Å². The Morgan fingerprint density at radius 1 is 1.50 bits per heavy atom. The largest absolute Gasteiger partial charge is 0.337 e. The molecule has 1 fully saturated rings. The van der Waals surface area contributed by atoms with Crippen LogP contribution < -0.4 is 5.32 Å². The van der Waals surface area contributed by atoms with Gasteiger partial charge < -0.3 is 10.2 Å². The van der Waals surface area contributed by atoms with Crippen LogP contribution in [0, 0.1) is 12.8 Å². The Morgan fingerprint density at radius 3 is 2.90 bits per heavy atom. The third-order valence-corrected chi connectivity index (χ3v) is 3.51. The number of rotatable bonds is 3. The SMILES string of the molecule is CNCC1CCCN(C(=O)c2ncccc2C)C1.Cl.Cl. The Bertz CT molecular complexity index is 427. The first kappa shape index (κ1) is 19.2. The van der Waals surface area contributed by atoms with Gasteiger partial charge in [-0.15, -0.1) is 24.8 Å². The highest BCUT2D eigenvalue weighted by atomic mass is 35.5. The van der Waals surface area contributed by atoms with E-state index in [1.165, 1.54) is 6.42 Å². The molecular formula is C14H23Cl2N3O. The van der Waals surface area contributed by atoms with Gasteiger partial charge in [0, 0.05) is 19.3 Å². The van der Waals surface area contributed by atoms with E-state index >= 15 is 0 Å². The van der Waals surface area contributed by atoms with Gasteiger partial charge in [-0.25, -0.2) is 0 Å². The second-order valence-electron chi connectivity index (χ2n) is 4.99. The maximum absolute atomic E-state index is 12.4. The number of carbonyl (C=O) groups is 1. The van der Waals surface area contributed by atoms with E-state index in [0.717, 1.165) is 31.6 Å². The molecule has 1 aromatic heterocycles. The minimum Gasteiger partial charge on any atom is -0.337 e. The van der Waals surface area contributed by atoms with E-state index in [9.17, 15) is 4.79 Å². The minimum absolute atomic E-state index is 0. The highest BCUT2D eigenvalue weighted by Crippen LogP contribution is 2.18. The first-order chi connectivity index (χ1) is 8.72. The first-order valence-corrected chi connectivity index (χ1v) is 6.58. The lowest BCUT2D eigenvalue weighted by atomic mass is 9.97. The third kappa shape index (κ3) is 4.62. The normalized spacial score (nSPS) is 17.9. The molecule has 6 heteroatoms. The van der Waals surface area contributed by atoms with Crippen molar-refractivity contribution in [1.82, 2.24) is 15.2 Å². The van der Waals surface area contributed by atoms with Crippen molar-refractivity contribution in [1.29, 1.82) is 0 Å². The van der Waals surface area contributed by atoms with Gasteiger partial charge in [0.05, 0.1) is 0 Å². The average molecular weight is 320 g/mol. The van der Waals surface area contributed by atoms with Crippen LogP contribution in [0.5, 0.6) is 0 Å². The van der Waals surface area contributed by atoms with Crippen LogP contribution in [0.25, 0.3) is 0 Å². The molecule has 1 amide bonds. The molecule has 0 saturated carbocycles. The standard InChI is InChI=1S/C14H21N3O.2ClH/c1-11-5-3-7-16-13(11)14(18)17-8-4-6-12(10-17)9-15-2;;/h3,5,7,12,15H,4,6,8-10H2,1-2H3;2*1H. The molecule has 0 spiro atoms. The average Bonchev–Trinajstić information content (AvgIpc) is 2.39. The molecule has 0 radical (unpaired) electrons. The lowest BCUT2D eigenvalue weighted by molar-refractivity contribution is 0.0667. The summed E-state index contributed by atoms with van der Waals surface area (Å²) < 4.78 is 0. The molecule has 1 aromatic rings. The molecule has 20 heavy (non-hydrogen) atoms. The number of carbonyl (C=O) groups excluding carboxylic acids is 1. The molecule has 1 aliphatic heterocycles. The van der Waals surface area contributed by atoms with Crippen LogP contribution in [0.4, 0.5) is 0 Å². The summed E-state index contributed by atoms with van der Waals surface area (Å²) in [7, 11) is 1.96. The fourth-order valence-corrected chi connectivity index (χ4v) is 2.56. The molecule has 1 atom stereocenters. The van der Waals surface area contributed by atoms with Crippen LogP contribution in [0.2, 0.25) is 0 Å². The first-order valence-electron chi connectivity index (χ1n) is 6.58. The topological polar surface area (TPSA) is 45.2 Å². The number of likely N-dealkylation sites (tertiary alicyclic amines) is 1. The van der Waals surface area contributed by atoms with E-state index in [1.54, 1.807) is 6.20 Å². The number of hydrogen-bond donors (Lipinski definition) is 1. The molecule has 2 rings (SSSR count). The van der Waals surface area contributed by atoms with Crippen molar-refractivity contribution in [2.75, 3.05) is 26.7 Å². The van der Waals surface area contributed by atoms with Gasteiger partial charge in [-0.3, -0.25) is 9.78 Å². The van der Waals surface area contributed by atoms with Crippen molar-refractivity contribution >= 4 is 30.7 Å². The van der Waals surface area contributed by atoms with E-state index < -0.39 is 0 Å². The zero-order valence-electron chi connectivity index (χ0n) is 12.0. The number of piperidine rings is 1. The second kappa shape index (κ2) is 9.16. The summed E-state index contributed by atoms with van der Waals surface area (Å²) in [5.41, 5.74) is 1.56. The maximum atomic E-state index is 12.4. The van der Waals surface area contributed by atoms with Gasteiger partial charge in [0.25, 0.3) is 5.91 Å². The predicted octanol–water partition coefficient (Wildman–Crippen LogP) is 2.31. The van der Waals surface area contributed by atoms with Gasteiger partial charge >= 0.3 is 0 Å². The second-order valence-corrected chi connectivity index (χ2v) is 4.99. The van der Waals surface area contributed by atoms with Gasteiger partial charge in [0.15, 0.2) is 0 Å². The zero-order chi connectivity index (χ0) is 13.0. The molecular weight excluding hydrogens is 297 g/mol. The van der Waals surface area contributed by atoms with E-state index in [0.29, 0.717) is 11.6 Å². The number of halogens is 2. The Hall–Kier alpha value is -0.840. The molecule has 1 aliphatic rings. The molecule has 4 nitrogen and oxygen atoms in total. The van der Waals surface area contributed by atoms with Crippen molar-refractivity contribution in [3.8, 4) is 0 Å². The quantitative estimate of drug-likeness (QED) is 0.929. The summed E-state index contributed by atoms with van der Waals surface area (Å²) in [6.07, 6.45) is 3.98. The fourth-order valence-electron chi connectivity index (χ4n) is 2.56. The monoisotopic (exact) mass is 319 g/mol. The van der Waals surface area contributed by atoms with Gasteiger partial charge in [0.1, 0.15) is 5.69 Å². The van der Waals surface area contributed by atoms with Crippen LogP contribution in [0.15, 0.2) is 18.3 Å². The minimum atomic E-state index is 0. The molecule has 0 aliphatic carbocycles. The molecule has 2 heterocycles. The summed E-state index contributed by atoms with van der Waals surface area (Å²) in [6.45, 7) is 4.62. The Balaban J connectivity index is 0.00000180. The highest BCUT2D eigenvalue weighted by molar-refractivity contribution is 5.93. The van der Waals surface area contributed by atoms with Gasteiger partial charge in [0.2, 0.25) is 0 Å². The molecule has 114 valence electrons. The molecule has 0 bridgehead atoms. The van der Waals surface area contributed by atoms with Crippen molar-refractivity contribution in [3.63, 3.8) is 0 Å². The molecule has 1 unspecified atom stereocenters. The van der Waals surface area contributed by atoms with E-state index in [1.807, 2.05) is 31.0 Å². The van der Waals surface area contributed by atoms with E-state index in [2.05, 4.69) is 10.3 Å². The van der Waals surface area contributed by atoms with Crippen LogP contribution in [0.1, 0.15) is 28.9 Å². The smallest absolute Gasteiger partial charge is 0.272 e. The molecule has 1 saturated heterocycles. The number of nitrogens with one attached hydrogen (secondary N) is 1. The van der Waals surface area contributed by atoms with Crippen LogP contribution in [-0.4, -0.2) is 42.5 Å². The van der Waals surface area contributed by atoms with Crippen LogP contribution >= 0.6 is 24.8 Å². The summed E-state index contributed by atoms with van der Waals surface area (Å²) in [4.78, 5) is 18.6. The van der Waals surface area contributed by atoms with Crippen molar-refractivity contribution in [2.45, 2.75) is 19.8 Å². The Morgan fingerprint density at radius 2 is 2.25 bits per heavy atom. The van der Waals surface area contributed by atoms with Gasteiger partial charge in [-0.1, -0.05) is 6.07 Å². The molecule has 0 aromatic carbocycles. The summed E-state index contributed by atoms with van der Waals surface area (Å²) in [6, 6.07) is 3.81. The number of aromatic nitrogens is 1. The highest BCUT2D eigenvalue weighted by Gasteiger charge is 2.25. The van der Waals surface area contributed by atoms with Crippen LogP contribution in [-0.2, 0) is 0 Å². The number of nitrogens with zero attached hydrogens (tertiary/aromatic N) is 2. The summed E-state index contributed by atoms with van der Waals surface area (Å²) in [5.74, 6) is 0.644. The molecule has 1 N–H and O–H groups in total. The zero-order valence-corrected chi connectivity index (χ0v) is 13.6. The number of aryl methyl sites for hydroxylation is 1. The van der Waals surface area contributed by atoms with Gasteiger partial charge in [-0.05, 0) is 50.9 Å². The van der Waals surface area contributed by atoms with Crippen LogP contribution in [0.3, 0.4) is 0 Å². The van der Waals surface area contributed by atoms with Crippen molar-refractivity contribution in [2.24, 2.45) is 5.92 Å². The number of amides is 1. The van der Waals surface area contributed by atoms with Crippen molar-refractivity contribution in [3.05, 3.63) is 29.6 Å².